The number of nitriles is 1. The van der Waals surface area contributed by atoms with Crippen molar-refractivity contribution in [1.29, 1.82) is 5.26 Å². The van der Waals surface area contributed by atoms with Crippen molar-refractivity contribution in [2.75, 3.05) is 0 Å². The Morgan fingerprint density at radius 3 is 1.45 bits per heavy atom. The van der Waals surface area contributed by atoms with Gasteiger partial charge in [-0.3, -0.25) is 0 Å². The Balaban J connectivity index is 2.83. The molecule has 0 aliphatic heterocycles. The van der Waals surface area contributed by atoms with Crippen LogP contribution in [0.1, 0.15) is 74.9 Å². The summed E-state index contributed by atoms with van der Waals surface area (Å²) < 4.78 is 79.5. The number of hydrogen-bond donors (Lipinski definition) is 1. The third-order valence-electron chi connectivity index (χ3n) is 5.08. The third-order valence-corrected chi connectivity index (χ3v) is 5.08. The first-order valence-electron chi connectivity index (χ1n) is 10.0. The molecule has 2 aromatic rings. The molecule has 0 aliphatic rings. The monoisotopic (exact) mass is 469 g/mol. The first-order chi connectivity index (χ1) is 14.7. The van der Waals surface area contributed by atoms with E-state index in [1.807, 2.05) is 41.5 Å². The Morgan fingerprint density at radius 2 is 1.15 bits per heavy atom. The van der Waals surface area contributed by atoms with Crippen LogP contribution in [0.2, 0.25) is 0 Å². The van der Waals surface area contributed by atoms with Crippen LogP contribution >= 0.6 is 0 Å². The fraction of sp³-hybridized carbons (Fsp3) is 0.400. The van der Waals surface area contributed by atoms with E-state index >= 15 is 0 Å². The van der Waals surface area contributed by atoms with Gasteiger partial charge >= 0.3 is 12.4 Å². The summed E-state index contributed by atoms with van der Waals surface area (Å²) in [6.07, 6.45) is -8.80. The zero-order valence-corrected chi connectivity index (χ0v) is 19.1. The van der Waals surface area contributed by atoms with Gasteiger partial charge in [0.25, 0.3) is 0 Å². The predicted octanol–water partition coefficient (Wildman–Crippen LogP) is 8.09. The second-order valence-corrected chi connectivity index (χ2v) is 9.93. The van der Waals surface area contributed by atoms with Gasteiger partial charge in [0.2, 0.25) is 0 Å². The zero-order valence-electron chi connectivity index (χ0n) is 19.1. The van der Waals surface area contributed by atoms with Gasteiger partial charge in [0, 0.05) is 11.1 Å². The van der Waals surface area contributed by atoms with Crippen LogP contribution in [0.15, 0.2) is 30.3 Å². The van der Waals surface area contributed by atoms with E-state index in [0.29, 0.717) is 28.8 Å². The third kappa shape index (κ3) is 6.10. The van der Waals surface area contributed by atoms with Crippen molar-refractivity contribution in [3.8, 4) is 11.8 Å². The normalized spacial score (nSPS) is 13.7. The van der Waals surface area contributed by atoms with Gasteiger partial charge in [0.05, 0.1) is 22.8 Å². The predicted molar refractivity (Wildman–Crippen MR) is 115 cm³/mol. The van der Waals surface area contributed by atoms with E-state index in [1.54, 1.807) is 18.2 Å². The summed E-state index contributed by atoms with van der Waals surface area (Å²) in [5.74, 6) is 0.0593. The number of phenols is 1. The molecule has 2 nitrogen and oxygen atoms in total. The molecule has 0 atom stereocenters. The summed E-state index contributed by atoms with van der Waals surface area (Å²) >= 11 is 0. The Hall–Kier alpha value is -2.95. The van der Waals surface area contributed by atoms with Crippen molar-refractivity contribution >= 4 is 11.6 Å². The topological polar surface area (TPSA) is 44.0 Å². The van der Waals surface area contributed by atoms with Crippen LogP contribution < -0.4 is 0 Å². The highest BCUT2D eigenvalue weighted by molar-refractivity contribution is 5.90. The summed E-state index contributed by atoms with van der Waals surface area (Å²) in [5.41, 5.74) is -3.42. The second-order valence-electron chi connectivity index (χ2n) is 9.93. The fourth-order valence-corrected chi connectivity index (χ4v) is 3.34. The number of hydrogen-bond acceptors (Lipinski definition) is 2. The van der Waals surface area contributed by atoms with Gasteiger partial charge in [-0.25, -0.2) is 0 Å². The van der Waals surface area contributed by atoms with E-state index in [4.69, 9.17) is 0 Å². The molecule has 1 N–H and O–H groups in total. The minimum atomic E-state index is -5.02. The standard InChI is InChI=1S/C25H25F6NO/c1-22(2,3)19-8-14(9-20(21(19)33)23(4,5)6)7-16(13-32)15-10-17(24(26,27)28)12-18(11-15)25(29,30)31/h7-12,33H,1-6H3. The van der Waals surface area contributed by atoms with Crippen molar-refractivity contribution in [2.24, 2.45) is 0 Å². The summed E-state index contributed by atoms with van der Waals surface area (Å²) in [4.78, 5) is 0. The molecular weight excluding hydrogens is 444 g/mol. The van der Waals surface area contributed by atoms with E-state index in [-0.39, 0.29) is 17.4 Å². The average molecular weight is 469 g/mol. The lowest BCUT2D eigenvalue weighted by molar-refractivity contribution is -0.143. The minimum Gasteiger partial charge on any atom is -0.507 e. The van der Waals surface area contributed by atoms with E-state index in [9.17, 15) is 36.7 Å². The molecule has 8 heteroatoms. The molecule has 0 spiro atoms. The summed E-state index contributed by atoms with van der Waals surface area (Å²) in [6.45, 7) is 11.1. The second kappa shape index (κ2) is 8.44. The van der Waals surface area contributed by atoms with Gasteiger partial charge in [-0.15, -0.1) is 0 Å². The number of rotatable bonds is 2. The highest BCUT2D eigenvalue weighted by Crippen LogP contribution is 2.41. The van der Waals surface area contributed by atoms with Gasteiger partial charge in [0.1, 0.15) is 5.75 Å². The van der Waals surface area contributed by atoms with Gasteiger partial charge in [-0.2, -0.15) is 31.6 Å². The summed E-state index contributed by atoms with van der Waals surface area (Å²) in [6, 6.07) is 5.96. The van der Waals surface area contributed by atoms with Crippen molar-refractivity contribution in [3.05, 3.63) is 63.7 Å². The maximum absolute atomic E-state index is 13.2. The smallest absolute Gasteiger partial charge is 0.416 e. The quantitative estimate of drug-likeness (QED) is 0.274. The lowest BCUT2D eigenvalue weighted by atomic mass is 9.78. The highest BCUT2D eigenvalue weighted by atomic mass is 19.4. The molecule has 0 aromatic heterocycles. The lowest BCUT2D eigenvalue weighted by Gasteiger charge is -2.28. The van der Waals surface area contributed by atoms with Crippen LogP contribution in [-0.2, 0) is 23.2 Å². The molecule has 0 aliphatic carbocycles. The van der Waals surface area contributed by atoms with Crippen LogP contribution in [0.25, 0.3) is 11.6 Å². The van der Waals surface area contributed by atoms with Gasteiger partial charge in [-0.1, -0.05) is 41.5 Å². The Labute approximate surface area is 189 Å². The maximum Gasteiger partial charge on any atom is 0.416 e. The molecule has 0 amide bonds. The number of nitrogens with zero attached hydrogens (tertiary/aromatic N) is 1. The van der Waals surface area contributed by atoms with E-state index in [1.165, 1.54) is 6.08 Å². The number of alkyl halides is 6. The number of allylic oxidation sites excluding steroid dienone is 1. The molecule has 0 fully saturated rings. The molecule has 0 saturated heterocycles. The zero-order chi connectivity index (χ0) is 25.6. The van der Waals surface area contributed by atoms with Crippen LogP contribution in [0.3, 0.4) is 0 Å². The van der Waals surface area contributed by atoms with Crippen molar-refractivity contribution < 1.29 is 31.4 Å². The molecule has 0 bridgehead atoms. The molecule has 0 radical (unpaired) electrons. The molecule has 2 aromatic carbocycles. The van der Waals surface area contributed by atoms with Gasteiger partial charge < -0.3 is 5.11 Å². The van der Waals surface area contributed by atoms with E-state index < -0.39 is 39.9 Å². The minimum absolute atomic E-state index is 0.0223. The number of halogens is 6. The van der Waals surface area contributed by atoms with Gasteiger partial charge in [0.15, 0.2) is 0 Å². The van der Waals surface area contributed by atoms with Crippen molar-refractivity contribution in [2.45, 2.75) is 64.7 Å². The Morgan fingerprint density at radius 1 is 0.758 bits per heavy atom. The Kier molecular flexibility index (Phi) is 6.72. The number of benzene rings is 2. The SMILES string of the molecule is CC(C)(C)c1cc(C=C(C#N)c2cc(C(F)(F)F)cc(C(F)(F)F)c2)cc(C(C)(C)C)c1O. The van der Waals surface area contributed by atoms with Crippen LogP contribution in [0.4, 0.5) is 26.3 Å². The van der Waals surface area contributed by atoms with Crippen molar-refractivity contribution in [3.63, 3.8) is 0 Å². The first-order valence-corrected chi connectivity index (χ1v) is 10.0. The average Bonchev–Trinajstić information content (AvgIpc) is 2.63. The molecule has 33 heavy (non-hydrogen) atoms. The molecule has 178 valence electrons. The van der Waals surface area contributed by atoms with Crippen molar-refractivity contribution in [1.82, 2.24) is 0 Å². The fourth-order valence-electron chi connectivity index (χ4n) is 3.34. The first kappa shape index (κ1) is 26.3. The molecular formula is C25H25F6NO. The molecule has 0 unspecified atom stereocenters. The molecule has 0 heterocycles. The lowest BCUT2D eigenvalue weighted by Crippen LogP contribution is -2.17. The Bertz CT molecular complexity index is 1050. The summed E-state index contributed by atoms with van der Waals surface area (Å²) in [5, 5.41) is 20.4. The maximum atomic E-state index is 13.2. The largest absolute Gasteiger partial charge is 0.507 e. The van der Waals surface area contributed by atoms with Crippen LogP contribution in [-0.4, -0.2) is 5.11 Å². The number of aromatic hydroxyl groups is 1. The highest BCUT2D eigenvalue weighted by Gasteiger charge is 2.37. The van der Waals surface area contributed by atoms with E-state index in [2.05, 4.69) is 0 Å². The van der Waals surface area contributed by atoms with Crippen LogP contribution in [0.5, 0.6) is 5.75 Å². The number of phenolic OH excluding ortho intramolecular Hbond substituents is 1. The van der Waals surface area contributed by atoms with Crippen LogP contribution in [0, 0.1) is 11.3 Å². The summed E-state index contributed by atoms with van der Waals surface area (Å²) in [7, 11) is 0. The molecule has 0 saturated carbocycles. The van der Waals surface area contributed by atoms with E-state index in [0.717, 1.165) is 0 Å². The molecule has 2 rings (SSSR count). The van der Waals surface area contributed by atoms with Gasteiger partial charge in [-0.05, 0) is 58.4 Å².